The summed E-state index contributed by atoms with van der Waals surface area (Å²) in [6, 6.07) is 6.30. The minimum Gasteiger partial charge on any atom is -0.497 e. The van der Waals surface area contributed by atoms with Crippen molar-refractivity contribution in [2.24, 2.45) is 0 Å². The third kappa shape index (κ3) is 4.25. The molecule has 1 atom stereocenters. The summed E-state index contributed by atoms with van der Waals surface area (Å²) in [5, 5.41) is 3.41. The van der Waals surface area contributed by atoms with Gasteiger partial charge in [-0.2, -0.15) is 0 Å². The Balaban J connectivity index is 1.95. The normalized spacial score (nSPS) is 19.6. The van der Waals surface area contributed by atoms with E-state index in [1.165, 1.54) is 0 Å². The zero-order valence-electron chi connectivity index (χ0n) is 13.4. The lowest BCUT2D eigenvalue weighted by atomic mass is 10.2. The molecule has 0 amide bonds. The molecule has 1 fully saturated rings. The van der Waals surface area contributed by atoms with Gasteiger partial charge in [-0.1, -0.05) is 0 Å². The molecule has 1 N–H and O–H groups in total. The van der Waals surface area contributed by atoms with Crippen LogP contribution in [-0.2, 0) is 4.74 Å². The summed E-state index contributed by atoms with van der Waals surface area (Å²) in [7, 11) is 3.33. The van der Waals surface area contributed by atoms with Gasteiger partial charge in [0, 0.05) is 31.7 Å². The van der Waals surface area contributed by atoms with Crippen LogP contribution in [-0.4, -0.2) is 57.5 Å². The first kappa shape index (κ1) is 15.9. The summed E-state index contributed by atoms with van der Waals surface area (Å²) < 4.78 is 16.5. The number of anilines is 1. The monoisotopic (exact) mass is 294 g/mol. The number of ether oxygens (including phenoxy) is 3. The van der Waals surface area contributed by atoms with Crippen LogP contribution in [0.25, 0.3) is 0 Å². The minimum absolute atomic E-state index is 0.192. The molecule has 1 aliphatic rings. The summed E-state index contributed by atoms with van der Waals surface area (Å²) >= 11 is 0. The number of nitrogens with zero attached hydrogens (tertiary/aromatic N) is 1. The van der Waals surface area contributed by atoms with Gasteiger partial charge in [-0.25, -0.2) is 0 Å². The summed E-state index contributed by atoms with van der Waals surface area (Å²) in [4.78, 5) is 2.44. The van der Waals surface area contributed by atoms with Crippen LogP contribution in [0.15, 0.2) is 18.2 Å². The minimum atomic E-state index is 0.192. The first-order valence-electron chi connectivity index (χ1n) is 7.45. The number of morpholine rings is 1. The van der Waals surface area contributed by atoms with Crippen LogP contribution in [0.1, 0.15) is 13.8 Å². The molecule has 2 rings (SSSR count). The molecule has 0 radical (unpaired) electrons. The van der Waals surface area contributed by atoms with E-state index in [9.17, 15) is 0 Å². The van der Waals surface area contributed by atoms with Gasteiger partial charge >= 0.3 is 0 Å². The topological polar surface area (TPSA) is 43.0 Å². The average Bonchev–Trinajstić information content (AvgIpc) is 2.52. The summed E-state index contributed by atoms with van der Waals surface area (Å²) in [5.74, 6) is 1.62. The first-order valence-corrected chi connectivity index (χ1v) is 7.45. The molecule has 1 unspecified atom stereocenters. The molecule has 1 aromatic carbocycles. The Bertz CT molecular complexity index is 451. The SMILES string of the molecule is COc1ccc(OC)c(NCC2CN(C(C)C)CCO2)c1. The van der Waals surface area contributed by atoms with E-state index in [1.54, 1.807) is 14.2 Å². The molecule has 0 aromatic heterocycles. The van der Waals surface area contributed by atoms with E-state index in [0.717, 1.165) is 43.4 Å². The van der Waals surface area contributed by atoms with Crippen LogP contribution in [0, 0.1) is 0 Å². The Morgan fingerprint density at radius 3 is 2.81 bits per heavy atom. The van der Waals surface area contributed by atoms with Crippen molar-refractivity contribution in [3.8, 4) is 11.5 Å². The van der Waals surface area contributed by atoms with Crippen molar-refractivity contribution >= 4 is 5.69 Å². The molecule has 0 saturated carbocycles. The number of methoxy groups -OCH3 is 2. The summed E-state index contributed by atoms with van der Waals surface area (Å²) in [5.41, 5.74) is 0.933. The number of hydrogen-bond acceptors (Lipinski definition) is 5. The van der Waals surface area contributed by atoms with Crippen LogP contribution in [0.4, 0.5) is 5.69 Å². The molecular weight excluding hydrogens is 268 g/mol. The Morgan fingerprint density at radius 2 is 2.14 bits per heavy atom. The van der Waals surface area contributed by atoms with E-state index in [2.05, 4.69) is 24.1 Å². The summed E-state index contributed by atoms with van der Waals surface area (Å²) in [6.45, 7) is 7.96. The van der Waals surface area contributed by atoms with Gasteiger partial charge in [0.25, 0.3) is 0 Å². The van der Waals surface area contributed by atoms with E-state index in [1.807, 2.05) is 18.2 Å². The molecular formula is C16H26N2O3. The van der Waals surface area contributed by atoms with Crippen molar-refractivity contribution in [2.75, 3.05) is 45.8 Å². The molecule has 0 bridgehead atoms. The molecule has 1 aliphatic heterocycles. The van der Waals surface area contributed by atoms with Crippen LogP contribution >= 0.6 is 0 Å². The van der Waals surface area contributed by atoms with E-state index in [-0.39, 0.29) is 6.10 Å². The Morgan fingerprint density at radius 1 is 1.33 bits per heavy atom. The van der Waals surface area contributed by atoms with Crippen LogP contribution < -0.4 is 14.8 Å². The predicted molar refractivity (Wildman–Crippen MR) is 84.5 cm³/mol. The predicted octanol–water partition coefficient (Wildman–Crippen LogP) is 2.22. The molecule has 1 heterocycles. The maximum absolute atomic E-state index is 5.83. The van der Waals surface area contributed by atoms with E-state index < -0.39 is 0 Å². The lowest BCUT2D eigenvalue weighted by molar-refractivity contribution is -0.0315. The largest absolute Gasteiger partial charge is 0.497 e. The Hall–Kier alpha value is -1.46. The van der Waals surface area contributed by atoms with E-state index >= 15 is 0 Å². The van der Waals surface area contributed by atoms with Gasteiger partial charge in [0.1, 0.15) is 11.5 Å². The van der Waals surface area contributed by atoms with Gasteiger partial charge in [-0.3, -0.25) is 4.90 Å². The molecule has 5 heteroatoms. The van der Waals surface area contributed by atoms with E-state index in [4.69, 9.17) is 14.2 Å². The van der Waals surface area contributed by atoms with Crippen molar-refractivity contribution in [1.82, 2.24) is 4.90 Å². The molecule has 118 valence electrons. The molecule has 1 saturated heterocycles. The van der Waals surface area contributed by atoms with Gasteiger partial charge in [-0.05, 0) is 26.0 Å². The van der Waals surface area contributed by atoms with Crippen molar-refractivity contribution in [1.29, 1.82) is 0 Å². The second-order valence-corrected chi connectivity index (χ2v) is 5.53. The Kier molecular flexibility index (Phi) is 5.70. The third-order valence-corrected chi connectivity index (χ3v) is 3.83. The first-order chi connectivity index (χ1) is 10.1. The average molecular weight is 294 g/mol. The number of benzene rings is 1. The van der Waals surface area contributed by atoms with E-state index in [0.29, 0.717) is 6.04 Å². The van der Waals surface area contributed by atoms with Crippen molar-refractivity contribution in [3.05, 3.63) is 18.2 Å². The maximum atomic E-state index is 5.83. The zero-order valence-corrected chi connectivity index (χ0v) is 13.4. The summed E-state index contributed by atoms with van der Waals surface area (Å²) in [6.07, 6.45) is 0.192. The van der Waals surface area contributed by atoms with Gasteiger partial charge in [0.05, 0.1) is 32.6 Å². The molecule has 1 aromatic rings. The number of rotatable bonds is 6. The molecule has 21 heavy (non-hydrogen) atoms. The quantitative estimate of drug-likeness (QED) is 0.871. The lowest BCUT2D eigenvalue weighted by Gasteiger charge is -2.35. The molecule has 0 aliphatic carbocycles. The number of nitrogens with one attached hydrogen (secondary N) is 1. The highest BCUT2D eigenvalue weighted by atomic mass is 16.5. The van der Waals surface area contributed by atoms with Crippen molar-refractivity contribution in [2.45, 2.75) is 26.0 Å². The third-order valence-electron chi connectivity index (χ3n) is 3.83. The maximum Gasteiger partial charge on any atom is 0.142 e. The fourth-order valence-corrected chi connectivity index (χ4v) is 2.51. The van der Waals surface area contributed by atoms with Crippen LogP contribution in [0.5, 0.6) is 11.5 Å². The highest BCUT2D eigenvalue weighted by Gasteiger charge is 2.22. The molecule has 5 nitrogen and oxygen atoms in total. The van der Waals surface area contributed by atoms with Crippen LogP contribution in [0.2, 0.25) is 0 Å². The van der Waals surface area contributed by atoms with Crippen molar-refractivity contribution in [3.63, 3.8) is 0 Å². The second kappa shape index (κ2) is 7.52. The smallest absolute Gasteiger partial charge is 0.142 e. The van der Waals surface area contributed by atoms with Gasteiger partial charge in [0.15, 0.2) is 0 Å². The van der Waals surface area contributed by atoms with Crippen molar-refractivity contribution < 1.29 is 14.2 Å². The van der Waals surface area contributed by atoms with Crippen LogP contribution in [0.3, 0.4) is 0 Å². The van der Waals surface area contributed by atoms with Gasteiger partial charge in [-0.15, -0.1) is 0 Å². The fraction of sp³-hybridized carbons (Fsp3) is 0.625. The second-order valence-electron chi connectivity index (χ2n) is 5.53. The fourth-order valence-electron chi connectivity index (χ4n) is 2.51. The van der Waals surface area contributed by atoms with Gasteiger partial charge in [0.2, 0.25) is 0 Å². The highest BCUT2D eigenvalue weighted by molar-refractivity contribution is 5.59. The Labute approximate surface area is 127 Å². The number of hydrogen-bond donors (Lipinski definition) is 1. The molecule has 0 spiro atoms. The lowest BCUT2D eigenvalue weighted by Crippen LogP contribution is -2.48. The highest BCUT2D eigenvalue weighted by Crippen LogP contribution is 2.29. The zero-order chi connectivity index (χ0) is 15.2. The standard InChI is InChI=1S/C16H26N2O3/c1-12(2)18-7-8-21-14(11-18)10-17-15-9-13(19-3)5-6-16(15)20-4/h5-6,9,12,14,17H,7-8,10-11H2,1-4H3. The van der Waals surface area contributed by atoms with Gasteiger partial charge < -0.3 is 19.5 Å².